The molecule has 2 heteroatoms. The quantitative estimate of drug-likeness (QED) is 0.560. The maximum Gasteiger partial charge on any atom is 0.189 e. The predicted molar refractivity (Wildman–Crippen MR) is 60.0 cm³/mol. The fourth-order valence-electron chi connectivity index (χ4n) is 1.48. The van der Waals surface area contributed by atoms with Crippen LogP contribution in [0.4, 0.5) is 0 Å². The van der Waals surface area contributed by atoms with Crippen LogP contribution in [-0.4, -0.2) is 5.78 Å². The van der Waals surface area contributed by atoms with E-state index in [4.69, 9.17) is 4.42 Å². The fraction of sp³-hybridized carbons (Fsp3) is 0.154. The minimum absolute atomic E-state index is 0.00167. The first-order valence-corrected chi connectivity index (χ1v) is 5.00. The Morgan fingerprint density at radius 3 is 3.00 bits per heavy atom. The lowest BCUT2D eigenvalue weighted by atomic mass is 10.1. The van der Waals surface area contributed by atoms with Gasteiger partial charge in [-0.2, -0.15) is 0 Å². The lowest BCUT2D eigenvalue weighted by molar-refractivity contribution is 0.104. The molecule has 0 aliphatic rings. The second-order valence-electron chi connectivity index (χ2n) is 3.32. The zero-order valence-corrected chi connectivity index (χ0v) is 8.57. The van der Waals surface area contributed by atoms with Crippen LogP contribution in [0.15, 0.2) is 47.1 Å². The molecule has 1 aromatic heterocycles. The number of furan rings is 1. The Bertz CT molecular complexity index is 506. The Labute approximate surface area is 88.2 Å². The van der Waals surface area contributed by atoms with Crippen molar-refractivity contribution in [3.63, 3.8) is 0 Å². The second kappa shape index (κ2) is 4.13. The highest BCUT2D eigenvalue weighted by Crippen LogP contribution is 2.21. The van der Waals surface area contributed by atoms with E-state index in [2.05, 4.69) is 0 Å². The van der Waals surface area contributed by atoms with E-state index in [1.807, 2.05) is 37.3 Å². The normalized spacial score (nSPS) is 11.3. The van der Waals surface area contributed by atoms with Crippen LogP contribution in [0.2, 0.25) is 0 Å². The average Bonchev–Trinajstić information content (AvgIpc) is 2.69. The minimum atomic E-state index is 0.00167. The summed E-state index contributed by atoms with van der Waals surface area (Å²) in [5, 5.41) is 0.878. The Hall–Kier alpha value is -1.83. The van der Waals surface area contributed by atoms with Gasteiger partial charge in [0.1, 0.15) is 11.8 Å². The molecule has 2 rings (SSSR count). The van der Waals surface area contributed by atoms with Crippen LogP contribution in [0.3, 0.4) is 0 Å². The van der Waals surface area contributed by atoms with Crippen molar-refractivity contribution in [1.82, 2.24) is 0 Å². The molecule has 0 aliphatic heterocycles. The summed E-state index contributed by atoms with van der Waals surface area (Å²) in [6.07, 6.45) is 5.83. The monoisotopic (exact) mass is 200 g/mol. The number of fused-ring (bicyclic) bond motifs is 1. The first kappa shape index (κ1) is 9.71. The molecule has 0 unspecified atom stereocenters. The highest BCUT2D eigenvalue weighted by atomic mass is 16.3. The maximum absolute atomic E-state index is 11.7. The molecule has 0 spiro atoms. The van der Waals surface area contributed by atoms with Gasteiger partial charge in [0.15, 0.2) is 5.78 Å². The molecule has 15 heavy (non-hydrogen) atoms. The molecule has 2 nitrogen and oxygen atoms in total. The third-order valence-electron chi connectivity index (χ3n) is 2.25. The number of carbonyl (C=O) groups is 1. The summed E-state index contributed by atoms with van der Waals surface area (Å²) in [5.74, 6) is 0.00167. The Kier molecular flexibility index (Phi) is 2.68. The number of benzene rings is 1. The third-order valence-corrected chi connectivity index (χ3v) is 2.25. The van der Waals surface area contributed by atoms with Gasteiger partial charge in [0, 0.05) is 5.39 Å². The molecule has 0 N–H and O–H groups in total. The molecular formula is C13H12O2. The van der Waals surface area contributed by atoms with Crippen molar-refractivity contribution in [3.8, 4) is 0 Å². The summed E-state index contributed by atoms with van der Waals surface area (Å²) in [5.41, 5.74) is 1.39. The van der Waals surface area contributed by atoms with E-state index < -0.39 is 0 Å². The maximum atomic E-state index is 11.7. The Balaban J connectivity index is 2.44. The molecule has 2 aromatic rings. The second-order valence-corrected chi connectivity index (χ2v) is 3.32. The first-order valence-electron chi connectivity index (χ1n) is 5.00. The van der Waals surface area contributed by atoms with Crippen LogP contribution in [0.1, 0.15) is 23.7 Å². The van der Waals surface area contributed by atoms with Gasteiger partial charge < -0.3 is 4.42 Å². The molecule has 0 atom stereocenters. The predicted octanol–water partition coefficient (Wildman–Crippen LogP) is 3.58. The van der Waals surface area contributed by atoms with E-state index in [-0.39, 0.29) is 5.78 Å². The van der Waals surface area contributed by atoms with Crippen LogP contribution in [0, 0.1) is 0 Å². The van der Waals surface area contributed by atoms with Gasteiger partial charge >= 0.3 is 0 Å². The molecule has 76 valence electrons. The van der Waals surface area contributed by atoms with Crippen molar-refractivity contribution < 1.29 is 9.21 Å². The molecule has 1 heterocycles. The Morgan fingerprint density at radius 1 is 1.40 bits per heavy atom. The van der Waals surface area contributed by atoms with Crippen LogP contribution < -0.4 is 0 Å². The summed E-state index contributed by atoms with van der Waals surface area (Å²) >= 11 is 0. The number of para-hydroxylation sites is 1. The van der Waals surface area contributed by atoms with Gasteiger partial charge in [0.25, 0.3) is 0 Å². The summed E-state index contributed by atoms with van der Waals surface area (Å²) in [7, 11) is 0. The molecule has 0 amide bonds. The minimum Gasteiger partial charge on any atom is -0.464 e. The van der Waals surface area contributed by atoms with E-state index in [0.717, 1.165) is 17.4 Å². The molecule has 0 aliphatic carbocycles. The average molecular weight is 200 g/mol. The Morgan fingerprint density at radius 2 is 2.20 bits per heavy atom. The van der Waals surface area contributed by atoms with Crippen LogP contribution in [0.5, 0.6) is 0 Å². The fourth-order valence-corrected chi connectivity index (χ4v) is 1.48. The van der Waals surface area contributed by atoms with Crippen molar-refractivity contribution in [2.75, 3.05) is 0 Å². The van der Waals surface area contributed by atoms with Gasteiger partial charge in [-0.3, -0.25) is 4.79 Å². The highest BCUT2D eigenvalue weighted by Gasteiger charge is 2.09. The molecule has 0 fully saturated rings. The zero-order valence-electron chi connectivity index (χ0n) is 8.57. The van der Waals surface area contributed by atoms with Gasteiger partial charge in [-0.15, -0.1) is 0 Å². The molecule has 0 saturated heterocycles. The third kappa shape index (κ3) is 1.84. The molecule has 0 bridgehead atoms. The van der Waals surface area contributed by atoms with E-state index in [1.165, 1.54) is 6.26 Å². The van der Waals surface area contributed by atoms with E-state index in [1.54, 1.807) is 6.08 Å². The highest BCUT2D eigenvalue weighted by molar-refractivity contribution is 6.12. The van der Waals surface area contributed by atoms with Crippen molar-refractivity contribution in [1.29, 1.82) is 0 Å². The van der Waals surface area contributed by atoms with Crippen LogP contribution in [0.25, 0.3) is 11.0 Å². The summed E-state index contributed by atoms with van der Waals surface area (Å²) in [6.45, 7) is 2.00. The molecule has 0 radical (unpaired) electrons. The van der Waals surface area contributed by atoms with Crippen molar-refractivity contribution >= 4 is 16.8 Å². The van der Waals surface area contributed by atoms with Crippen LogP contribution >= 0.6 is 0 Å². The lowest BCUT2D eigenvalue weighted by Gasteiger charge is -1.90. The topological polar surface area (TPSA) is 30.2 Å². The molecule has 0 saturated carbocycles. The smallest absolute Gasteiger partial charge is 0.189 e. The number of ketones is 1. The zero-order chi connectivity index (χ0) is 10.7. The van der Waals surface area contributed by atoms with Gasteiger partial charge in [0.05, 0.1) is 5.56 Å². The van der Waals surface area contributed by atoms with Crippen LogP contribution in [-0.2, 0) is 0 Å². The summed E-state index contributed by atoms with van der Waals surface area (Å²) < 4.78 is 5.30. The van der Waals surface area contributed by atoms with Crippen molar-refractivity contribution in [2.24, 2.45) is 0 Å². The van der Waals surface area contributed by atoms with E-state index >= 15 is 0 Å². The van der Waals surface area contributed by atoms with Gasteiger partial charge in [-0.05, 0) is 18.6 Å². The standard InChI is InChI=1S/C13H12O2/c1-2-3-7-12(14)11-9-15-13-8-5-4-6-10(11)13/h3-9H,2H2,1H3/b7-3+. The van der Waals surface area contributed by atoms with E-state index in [0.29, 0.717) is 5.56 Å². The SMILES string of the molecule is CC/C=C/C(=O)c1coc2ccccc12. The van der Waals surface area contributed by atoms with Gasteiger partial charge in [-0.25, -0.2) is 0 Å². The molecule has 1 aromatic carbocycles. The summed E-state index contributed by atoms with van der Waals surface area (Å²) in [4.78, 5) is 11.7. The van der Waals surface area contributed by atoms with E-state index in [9.17, 15) is 4.79 Å². The number of allylic oxidation sites excluding steroid dienone is 2. The van der Waals surface area contributed by atoms with Gasteiger partial charge in [0.2, 0.25) is 0 Å². The largest absolute Gasteiger partial charge is 0.464 e. The molecular weight excluding hydrogens is 188 g/mol. The number of carbonyl (C=O) groups excluding carboxylic acids is 1. The first-order chi connectivity index (χ1) is 7.33. The van der Waals surface area contributed by atoms with Gasteiger partial charge in [-0.1, -0.05) is 31.2 Å². The summed E-state index contributed by atoms with van der Waals surface area (Å²) in [6, 6.07) is 7.54. The van der Waals surface area contributed by atoms with Crippen molar-refractivity contribution in [3.05, 3.63) is 48.2 Å². The number of hydrogen-bond donors (Lipinski definition) is 0. The number of rotatable bonds is 3. The lowest BCUT2D eigenvalue weighted by Crippen LogP contribution is -1.91. The van der Waals surface area contributed by atoms with Crippen molar-refractivity contribution in [2.45, 2.75) is 13.3 Å². The number of hydrogen-bond acceptors (Lipinski definition) is 2.